The van der Waals surface area contributed by atoms with Crippen molar-refractivity contribution < 1.29 is 8.78 Å². The monoisotopic (exact) mass is 344 g/mol. The topological polar surface area (TPSA) is 0 Å². The Morgan fingerprint density at radius 3 is 2.32 bits per heavy atom. The van der Waals surface area contributed by atoms with Gasteiger partial charge in [-0.25, -0.2) is 8.78 Å². The molecule has 2 aromatic rings. The molecule has 0 saturated heterocycles. The van der Waals surface area contributed by atoms with Crippen molar-refractivity contribution in [3.8, 4) is 0 Å². The highest BCUT2D eigenvalue weighted by molar-refractivity contribution is 9.10. The molecule has 0 spiro atoms. The van der Waals surface area contributed by atoms with E-state index in [1.54, 1.807) is 6.92 Å². The summed E-state index contributed by atoms with van der Waals surface area (Å²) in [5.74, 6) is -1.18. The Hall–Kier alpha value is -0.930. The summed E-state index contributed by atoms with van der Waals surface area (Å²) in [6, 6.07) is 7.92. The molecule has 0 fully saturated rings. The van der Waals surface area contributed by atoms with Crippen LogP contribution >= 0.6 is 27.5 Å². The van der Waals surface area contributed by atoms with Gasteiger partial charge in [0.05, 0.1) is 5.38 Å². The van der Waals surface area contributed by atoms with E-state index < -0.39 is 17.0 Å². The largest absolute Gasteiger partial charge is 0.207 e. The fourth-order valence-electron chi connectivity index (χ4n) is 1.88. The molecule has 0 saturated carbocycles. The van der Waals surface area contributed by atoms with Crippen molar-refractivity contribution in [1.29, 1.82) is 0 Å². The number of benzene rings is 2. The number of alkyl halides is 1. The lowest BCUT2D eigenvalue weighted by atomic mass is 10.0. The van der Waals surface area contributed by atoms with Crippen LogP contribution in [0.1, 0.15) is 27.6 Å². The molecule has 1 unspecified atom stereocenters. The summed E-state index contributed by atoms with van der Waals surface area (Å²) in [6.07, 6.45) is 0. The Morgan fingerprint density at radius 2 is 1.68 bits per heavy atom. The molecule has 0 N–H and O–H groups in total. The third kappa shape index (κ3) is 2.98. The van der Waals surface area contributed by atoms with E-state index in [1.165, 1.54) is 6.07 Å². The molecule has 0 nitrogen and oxygen atoms in total. The Balaban J connectivity index is 2.46. The Bertz CT molecular complexity index is 626. The van der Waals surface area contributed by atoms with Gasteiger partial charge in [-0.05, 0) is 42.7 Å². The van der Waals surface area contributed by atoms with Crippen molar-refractivity contribution >= 4 is 27.5 Å². The van der Waals surface area contributed by atoms with E-state index in [1.807, 2.05) is 25.1 Å². The predicted octanol–water partition coefficient (Wildman–Crippen LogP) is 5.67. The highest BCUT2D eigenvalue weighted by atomic mass is 79.9. The lowest BCUT2D eigenvalue weighted by Gasteiger charge is -2.14. The van der Waals surface area contributed by atoms with Crippen LogP contribution in [-0.4, -0.2) is 0 Å². The highest BCUT2D eigenvalue weighted by Gasteiger charge is 2.17. The second-order valence-corrected chi connectivity index (χ2v) is 5.78. The first-order valence-electron chi connectivity index (χ1n) is 5.76. The minimum absolute atomic E-state index is 0.294. The zero-order valence-corrected chi connectivity index (χ0v) is 12.8. The van der Waals surface area contributed by atoms with Crippen molar-refractivity contribution in [3.05, 3.63) is 68.7 Å². The molecule has 0 radical (unpaired) electrons. The highest BCUT2D eigenvalue weighted by Crippen LogP contribution is 2.33. The Labute approximate surface area is 124 Å². The van der Waals surface area contributed by atoms with E-state index in [0.717, 1.165) is 21.7 Å². The second kappa shape index (κ2) is 5.59. The van der Waals surface area contributed by atoms with Gasteiger partial charge in [0, 0.05) is 16.1 Å². The first-order valence-corrected chi connectivity index (χ1v) is 6.98. The fraction of sp³-hybridized carbons (Fsp3) is 0.200. The molecule has 0 bridgehead atoms. The van der Waals surface area contributed by atoms with Crippen LogP contribution in [0.25, 0.3) is 0 Å². The first-order chi connectivity index (χ1) is 8.90. The van der Waals surface area contributed by atoms with Crippen LogP contribution in [0.5, 0.6) is 0 Å². The molecule has 19 heavy (non-hydrogen) atoms. The van der Waals surface area contributed by atoms with Gasteiger partial charge in [-0.1, -0.05) is 28.1 Å². The van der Waals surface area contributed by atoms with Crippen molar-refractivity contribution in [3.63, 3.8) is 0 Å². The molecule has 100 valence electrons. The fourth-order valence-corrected chi connectivity index (χ4v) is 2.43. The van der Waals surface area contributed by atoms with E-state index in [-0.39, 0.29) is 0 Å². The maximum absolute atomic E-state index is 13.8. The first kappa shape index (κ1) is 14.5. The molecule has 0 aliphatic rings. The molecule has 0 amide bonds. The maximum Gasteiger partial charge on any atom is 0.131 e. The molecule has 0 aliphatic carbocycles. The second-order valence-electron chi connectivity index (χ2n) is 4.49. The summed E-state index contributed by atoms with van der Waals surface area (Å²) in [6.45, 7) is 3.53. The van der Waals surface area contributed by atoms with E-state index in [9.17, 15) is 8.78 Å². The standard InChI is InChI=1S/C15H12BrClF2/c1-8-5-10(3-4-12(8)16)15(17)11-6-9(2)13(18)7-14(11)19/h3-7,15H,1-2H3. The molecule has 4 heteroatoms. The van der Waals surface area contributed by atoms with Crippen LogP contribution in [0.15, 0.2) is 34.8 Å². The molecule has 2 rings (SSSR count). The third-order valence-electron chi connectivity index (χ3n) is 3.03. The van der Waals surface area contributed by atoms with Gasteiger partial charge in [0.25, 0.3) is 0 Å². The summed E-state index contributed by atoms with van der Waals surface area (Å²) < 4.78 is 28.0. The number of halogens is 4. The smallest absolute Gasteiger partial charge is 0.131 e. The summed E-state index contributed by atoms with van der Waals surface area (Å²) in [7, 11) is 0. The van der Waals surface area contributed by atoms with E-state index in [2.05, 4.69) is 15.9 Å². The van der Waals surface area contributed by atoms with Gasteiger partial charge in [0.15, 0.2) is 0 Å². The molecule has 0 heterocycles. The van der Waals surface area contributed by atoms with Crippen molar-refractivity contribution in [1.82, 2.24) is 0 Å². The van der Waals surface area contributed by atoms with Crippen LogP contribution in [-0.2, 0) is 0 Å². The minimum atomic E-state index is -0.633. The number of aryl methyl sites for hydroxylation is 2. The zero-order valence-electron chi connectivity index (χ0n) is 10.5. The average Bonchev–Trinajstić information content (AvgIpc) is 2.36. The Kier molecular flexibility index (Phi) is 4.26. The van der Waals surface area contributed by atoms with E-state index in [4.69, 9.17) is 11.6 Å². The van der Waals surface area contributed by atoms with Crippen LogP contribution in [0, 0.1) is 25.5 Å². The van der Waals surface area contributed by atoms with Gasteiger partial charge >= 0.3 is 0 Å². The van der Waals surface area contributed by atoms with E-state index >= 15 is 0 Å². The Morgan fingerprint density at radius 1 is 1.00 bits per heavy atom. The van der Waals surface area contributed by atoms with Gasteiger partial charge in [-0.15, -0.1) is 11.6 Å². The zero-order chi connectivity index (χ0) is 14.2. The van der Waals surface area contributed by atoms with Crippen molar-refractivity contribution in [2.24, 2.45) is 0 Å². The van der Waals surface area contributed by atoms with Crippen LogP contribution in [0.2, 0.25) is 0 Å². The van der Waals surface area contributed by atoms with Gasteiger partial charge < -0.3 is 0 Å². The molecule has 1 atom stereocenters. The number of rotatable bonds is 2. The SMILES string of the molecule is Cc1cc(C(Cl)c2ccc(Br)c(C)c2)c(F)cc1F. The lowest BCUT2D eigenvalue weighted by molar-refractivity contribution is 0.568. The van der Waals surface area contributed by atoms with Gasteiger partial charge in [0.1, 0.15) is 11.6 Å². The summed E-state index contributed by atoms with van der Waals surface area (Å²) in [5, 5.41) is -0.633. The lowest BCUT2D eigenvalue weighted by Crippen LogP contribution is -2.00. The van der Waals surface area contributed by atoms with Gasteiger partial charge in [-0.3, -0.25) is 0 Å². The van der Waals surface area contributed by atoms with Crippen LogP contribution < -0.4 is 0 Å². The quantitative estimate of drug-likeness (QED) is 0.615. The van der Waals surface area contributed by atoms with Crippen molar-refractivity contribution in [2.75, 3.05) is 0 Å². The molecule has 2 aromatic carbocycles. The maximum atomic E-state index is 13.8. The molecular weight excluding hydrogens is 334 g/mol. The molecular formula is C15H12BrClF2. The van der Waals surface area contributed by atoms with Crippen LogP contribution in [0.3, 0.4) is 0 Å². The van der Waals surface area contributed by atoms with Gasteiger partial charge in [-0.2, -0.15) is 0 Å². The number of hydrogen-bond acceptors (Lipinski definition) is 0. The summed E-state index contributed by atoms with van der Waals surface area (Å²) in [4.78, 5) is 0. The predicted molar refractivity (Wildman–Crippen MR) is 77.7 cm³/mol. The normalized spacial score (nSPS) is 12.5. The minimum Gasteiger partial charge on any atom is -0.207 e. The third-order valence-corrected chi connectivity index (χ3v) is 4.40. The summed E-state index contributed by atoms with van der Waals surface area (Å²) in [5.41, 5.74) is 2.48. The van der Waals surface area contributed by atoms with E-state index in [0.29, 0.717) is 11.1 Å². The summed E-state index contributed by atoms with van der Waals surface area (Å²) >= 11 is 9.71. The average molecular weight is 346 g/mol. The molecule has 0 aromatic heterocycles. The van der Waals surface area contributed by atoms with Crippen molar-refractivity contribution in [2.45, 2.75) is 19.2 Å². The van der Waals surface area contributed by atoms with Gasteiger partial charge in [0.2, 0.25) is 0 Å². The number of hydrogen-bond donors (Lipinski definition) is 0. The molecule has 0 aliphatic heterocycles. The van der Waals surface area contributed by atoms with Crippen LogP contribution in [0.4, 0.5) is 8.78 Å².